The summed E-state index contributed by atoms with van der Waals surface area (Å²) in [6, 6.07) is 8.17. The van der Waals surface area contributed by atoms with E-state index in [9.17, 15) is 5.11 Å². The highest BCUT2D eigenvalue weighted by Gasteiger charge is 2.24. The predicted molar refractivity (Wildman–Crippen MR) is 94.8 cm³/mol. The number of benzene rings is 1. The molecule has 2 heterocycles. The summed E-state index contributed by atoms with van der Waals surface area (Å²) < 4.78 is 3.05. The highest BCUT2D eigenvalue weighted by molar-refractivity contribution is 9.10. The molecule has 0 spiro atoms. The summed E-state index contributed by atoms with van der Waals surface area (Å²) in [5, 5.41) is 21.2. The van der Waals surface area contributed by atoms with Gasteiger partial charge in [-0.2, -0.15) is 5.10 Å². The molecule has 1 aliphatic rings. The smallest absolute Gasteiger partial charge is 0.0716 e. The predicted octanol–water partition coefficient (Wildman–Crippen LogP) is 1.92. The lowest BCUT2D eigenvalue weighted by molar-refractivity contribution is 0.146. The van der Waals surface area contributed by atoms with Crippen LogP contribution in [0.25, 0.3) is 5.69 Å². The molecule has 3 N–H and O–H groups in total. The van der Waals surface area contributed by atoms with Crippen LogP contribution < -0.4 is 10.6 Å². The molecule has 0 amide bonds. The van der Waals surface area contributed by atoms with Crippen molar-refractivity contribution in [2.45, 2.75) is 26.5 Å². The standard InChI is InChI=1S/C17H23BrN4O/c1-11-16(9-19-7-13-8-20-10-17(13)23)12(2)22(21-11)15-5-3-14(18)4-6-15/h3-6,13,17,19-20,23H,7-10H2,1-2H3. The van der Waals surface area contributed by atoms with Gasteiger partial charge in [-0.15, -0.1) is 0 Å². The third-order valence-electron chi connectivity index (χ3n) is 4.52. The van der Waals surface area contributed by atoms with Crippen molar-refractivity contribution < 1.29 is 5.11 Å². The van der Waals surface area contributed by atoms with Crippen molar-refractivity contribution in [3.63, 3.8) is 0 Å². The molecular weight excluding hydrogens is 356 g/mol. The molecule has 0 aliphatic carbocycles. The van der Waals surface area contributed by atoms with Crippen LogP contribution in [0.1, 0.15) is 17.0 Å². The van der Waals surface area contributed by atoms with Crippen molar-refractivity contribution in [2.75, 3.05) is 19.6 Å². The van der Waals surface area contributed by atoms with Gasteiger partial charge < -0.3 is 15.7 Å². The normalized spacial score (nSPS) is 21.0. The second-order valence-corrected chi connectivity index (χ2v) is 7.07. The molecule has 124 valence electrons. The van der Waals surface area contributed by atoms with E-state index in [-0.39, 0.29) is 12.0 Å². The number of aliphatic hydroxyl groups is 1. The number of halogens is 1. The SMILES string of the molecule is Cc1nn(-c2ccc(Br)cc2)c(C)c1CNCC1CNCC1O. The van der Waals surface area contributed by atoms with E-state index in [1.165, 1.54) is 5.56 Å². The van der Waals surface area contributed by atoms with Gasteiger partial charge in [0, 0.05) is 47.8 Å². The summed E-state index contributed by atoms with van der Waals surface area (Å²) in [7, 11) is 0. The zero-order chi connectivity index (χ0) is 16.4. The summed E-state index contributed by atoms with van der Waals surface area (Å²) in [5.41, 5.74) is 4.49. The first kappa shape index (κ1) is 16.6. The highest BCUT2D eigenvalue weighted by Crippen LogP contribution is 2.20. The zero-order valence-electron chi connectivity index (χ0n) is 13.5. The van der Waals surface area contributed by atoms with Gasteiger partial charge in [0.25, 0.3) is 0 Å². The van der Waals surface area contributed by atoms with Gasteiger partial charge in [0.05, 0.1) is 17.5 Å². The van der Waals surface area contributed by atoms with Gasteiger partial charge in [-0.05, 0) is 38.1 Å². The van der Waals surface area contributed by atoms with Crippen molar-refractivity contribution in [1.29, 1.82) is 0 Å². The zero-order valence-corrected chi connectivity index (χ0v) is 15.1. The van der Waals surface area contributed by atoms with Crippen molar-refractivity contribution in [3.05, 3.63) is 45.7 Å². The lowest BCUT2D eigenvalue weighted by Crippen LogP contribution is -2.30. The van der Waals surface area contributed by atoms with Gasteiger partial charge >= 0.3 is 0 Å². The molecule has 1 saturated heterocycles. The van der Waals surface area contributed by atoms with E-state index in [1.807, 2.05) is 23.7 Å². The molecule has 3 rings (SSSR count). The third-order valence-corrected chi connectivity index (χ3v) is 5.05. The molecule has 23 heavy (non-hydrogen) atoms. The molecule has 5 nitrogen and oxygen atoms in total. The Bertz CT molecular complexity index is 668. The first-order chi connectivity index (χ1) is 11.1. The molecule has 1 aromatic heterocycles. The van der Waals surface area contributed by atoms with Crippen molar-refractivity contribution in [2.24, 2.45) is 5.92 Å². The van der Waals surface area contributed by atoms with Gasteiger partial charge in [0.1, 0.15) is 0 Å². The largest absolute Gasteiger partial charge is 0.391 e. The molecule has 2 unspecified atom stereocenters. The van der Waals surface area contributed by atoms with E-state index in [4.69, 9.17) is 0 Å². The number of β-amino-alcohol motifs (C(OH)–C–C–N with tert-alkyl or cyclic N) is 1. The van der Waals surface area contributed by atoms with E-state index in [2.05, 4.69) is 50.7 Å². The summed E-state index contributed by atoms with van der Waals surface area (Å²) in [6.45, 7) is 7.32. The van der Waals surface area contributed by atoms with E-state index >= 15 is 0 Å². The average molecular weight is 379 g/mol. The van der Waals surface area contributed by atoms with E-state index in [0.29, 0.717) is 6.54 Å². The summed E-state index contributed by atoms with van der Waals surface area (Å²) in [5.74, 6) is 0.289. The second-order valence-electron chi connectivity index (χ2n) is 6.15. The number of rotatable bonds is 5. The van der Waals surface area contributed by atoms with E-state index < -0.39 is 0 Å². The molecule has 6 heteroatoms. The Morgan fingerprint density at radius 1 is 1.30 bits per heavy atom. The summed E-state index contributed by atoms with van der Waals surface area (Å²) in [6.07, 6.45) is -0.241. The summed E-state index contributed by atoms with van der Waals surface area (Å²) in [4.78, 5) is 0. The van der Waals surface area contributed by atoms with Gasteiger partial charge in [-0.1, -0.05) is 15.9 Å². The first-order valence-electron chi connectivity index (χ1n) is 7.97. The van der Waals surface area contributed by atoms with Crippen LogP contribution in [0, 0.1) is 19.8 Å². The monoisotopic (exact) mass is 378 g/mol. The van der Waals surface area contributed by atoms with Gasteiger partial charge in [-0.25, -0.2) is 4.68 Å². The number of aromatic nitrogens is 2. The Kier molecular flexibility index (Phi) is 5.16. The van der Waals surface area contributed by atoms with Crippen LogP contribution in [0.4, 0.5) is 0 Å². The Hall–Kier alpha value is -1.21. The Morgan fingerprint density at radius 2 is 2.04 bits per heavy atom. The Balaban J connectivity index is 1.69. The van der Waals surface area contributed by atoms with Crippen LogP contribution in [0.5, 0.6) is 0 Å². The van der Waals surface area contributed by atoms with Gasteiger partial charge in [-0.3, -0.25) is 0 Å². The number of nitrogens with one attached hydrogen (secondary N) is 2. The van der Waals surface area contributed by atoms with Crippen LogP contribution in [0.3, 0.4) is 0 Å². The molecule has 0 bridgehead atoms. The fourth-order valence-electron chi connectivity index (χ4n) is 3.07. The fraction of sp³-hybridized carbons (Fsp3) is 0.471. The summed E-state index contributed by atoms with van der Waals surface area (Å²) >= 11 is 3.46. The van der Waals surface area contributed by atoms with Crippen LogP contribution in [-0.4, -0.2) is 40.6 Å². The molecule has 0 radical (unpaired) electrons. The first-order valence-corrected chi connectivity index (χ1v) is 8.76. The van der Waals surface area contributed by atoms with E-state index in [1.54, 1.807) is 0 Å². The minimum atomic E-state index is -0.241. The number of hydrogen-bond donors (Lipinski definition) is 3. The molecule has 2 aromatic rings. The average Bonchev–Trinajstić information content (AvgIpc) is 3.06. The third kappa shape index (κ3) is 3.66. The lowest BCUT2D eigenvalue weighted by atomic mass is 10.1. The topological polar surface area (TPSA) is 62.1 Å². The number of aliphatic hydroxyl groups excluding tert-OH is 1. The Labute approximate surface area is 145 Å². The maximum atomic E-state index is 9.85. The van der Waals surface area contributed by atoms with Gasteiger partial charge in [0.2, 0.25) is 0 Å². The van der Waals surface area contributed by atoms with Crippen molar-refractivity contribution >= 4 is 15.9 Å². The molecule has 0 saturated carbocycles. The molecule has 1 aliphatic heterocycles. The Morgan fingerprint density at radius 3 is 2.70 bits per heavy atom. The minimum absolute atomic E-state index is 0.241. The maximum absolute atomic E-state index is 9.85. The maximum Gasteiger partial charge on any atom is 0.0716 e. The number of hydrogen-bond acceptors (Lipinski definition) is 4. The number of nitrogens with zero attached hydrogens (tertiary/aromatic N) is 2. The lowest BCUT2D eigenvalue weighted by Gasteiger charge is -2.14. The quantitative estimate of drug-likeness (QED) is 0.743. The minimum Gasteiger partial charge on any atom is -0.391 e. The fourth-order valence-corrected chi connectivity index (χ4v) is 3.34. The highest BCUT2D eigenvalue weighted by atomic mass is 79.9. The van der Waals surface area contributed by atoms with E-state index in [0.717, 1.165) is 41.2 Å². The molecule has 2 atom stereocenters. The van der Waals surface area contributed by atoms with Crippen molar-refractivity contribution in [3.8, 4) is 5.69 Å². The molecule has 1 fully saturated rings. The van der Waals surface area contributed by atoms with Crippen LogP contribution in [0.15, 0.2) is 28.7 Å². The van der Waals surface area contributed by atoms with Gasteiger partial charge in [0.15, 0.2) is 0 Å². The molecular formula is C17H23BrN4O. The second kappa shape index (κ2) is 7.13. The number of aryl methyl sites for hydroxylation is 1. The van der Waals surface area contributed by atoms with Crippen LogP contribution in [-0.2, 0) is 6.54 Å². The van der Waals surface area contributed by atoms with Crippen LogP contribution in [0.2, 0.25) is 0 Å². The molecule has 1 aromatic carbocycles. The van der Waals surface area contributed by atoms with Crippen LogP contribution >= 0.6 is 15.9 Å². The van der Waals surface area contributed by atoms with Crippen molar-refractivity contribution in [1.82, 2.24) is 20.4 Å².